The zero-order chi connectivity index (χ0) is 12.3. The summed E-state index contributed by atoms with van der Waals surface area (Å²) in [5.74, 6) is 0.451. The zero-order valence-electron chi connectivity index (χ0n) is 10.6. The Hall–Kier alpha value is -0.610. The van der Waals surface area contributed by atoms with Crippen LogP contribution in [0.2, 0.25) is 0 Å². The van der Waals surface area contributed by atoms with E-state index >= 15 is 0 Å². The van der Waals surface area contributed by atoms with E-state index in [1.54, 1.807) is 0 Å². The van der Waals surface area contributed by atoms with Crippen LogP contribution in [0, 0.1) is 5.92 Å². The first-order valence-corrected chi connectivity index (χ1v) is 6.88. The molecular weight excluding hydrogens is 216 g/mol. The summed E-state index contributed by atoms with van der Waals surface area (Å²) in [5, 5.41) is 16.0. The van der Waals surface area contributed by atoms with Gasteiger partial charge >= 0.3 is 0 Å². The molecule has 0 aromatic carbocycles. The standard InChI is InChI=1S/C13H24N2O2/c1-9-8-10(5-6-12(9)16)15-13(17)11-4-2-3-7-14-11/h9-12,14,16H,2-8H2,1H3,(H,15,17)/t9-,10-,11-,12?/m1/s1. The molecule has 1 amide bonds. The van der Waals surface area contributed by atoms with Gasteiger partial charge in [-0.3, -0.25) is 4.79 Å². The lowest BCUT2D eigenvalue weighted by molar-refractivity contribution is -0.125. The summed E-state index contributed by atoms with van der Waals surface area (Å²) in [6, 6.07) is 0.260. The molecule has 0 bridgehead atoms. The van der Waals surface area contributed by atoms with E-state index in [1.807, 2.05) is 0 Å². The minimum atomic E-state index is -0.184. The third-order valence-corrected chi connectivity index (χ3v) is 4.10. The molecule has 4 nitrogen and oxygen atoms in total. The van der Waals surface area contributed by atoms with Crippen LogP contribution in [0.15, 0.2) is 0 Å². The maximum absolute atomic E-state index is 12.0. The average molecular weight is 240 g/mol. The molecule has 1 unspecified atom stereocenters. The van der Waals surface area contributed by atoms with Crippen LogP contribution in [-0.2, 0) is 4.79 Å². The second-order valence-corrected chi connectivity index (χ2v) is 5.57. The molecule has 0 aromatic heterocycles. The third kappa shape index (κ3) is 3.42. The maximum Gasteiger partial charge on any atom is 0.237 e. The van der Waals surface area contributed by atoms with Gasteiger partial charge in [0, 0.05) is 6.04 Å². The van der Waals surface area contributed by atoms with Crippen molar-refractivity contribution in [2.45, 2.75) is 63.6 Å². The smallest absolute Gasteiger partial charge is 0.237 e. The summed E-state index contributed by atoms with van der Waals surface area (Å²) in [7, 11) is 0. The molecule has 4 atom stereocenters. The molecule has 2 fully saturated rings. The summed E-state index contributed by atoms with van der Waals surface area (Å²) in [4.78, 5) is 12.0. The molecule has 1 saturated carbocycles. The van der Waals surface area contributed by atoms with Crippen LogP contribution >= 0.6 is 0 Å². The van der Waals surface area contributed by atoms with Crippen LogP contribution in [0.25, 0.3) is 0 Å². The van der Waals surface area contributed by atoms with Crippen molar-refractivity contribution in [1.29, 1.82) is 0 Å². The molecule has 4 heteroatoms. The van der Waals surface area contributed by atoms with E-state index in [9.17, 15) is 9.90 Å². The first-order valence-electron chi connectivity index (χ1n) is 6.88. The number of piperidine rings is 1. The Bertz CT molecular complexity index is 264. The molecule has 1 saturated heterocycles. The van der Waals surface area contributed by atoms with E-state index in [1.165, 1.54) is 6.42 Å². The molecule has 0 spiro atoms. The van der Waals surface area contributed by atoms with Crippen LogP contribution in [0.3, 0.4) is 0 Å². The van der Waals surface area contributed by atoms with Gasteiger partial charge in [-0.1, -0.05) is 13.3 Å². The Balaban J connectivity index is 1.78. The molecule has 2 aliphatic rings. The highest BCUT2D eigenvalue weighted by Crippen LogP contribution is 2.24. The van der Waals surface area contributed by atoms with E-state index in [0.29, 0.717) is 5.92 Å². The van der Waals surface area contributed by atoms with Crippen molar-refractivity contribution in [2.24, 2.45) is 5.92 Å². The van der Waals surface area contributed by atoms with Gasteiger partial charge in [-0.05, 0) is 44.6 Å². The number of carbonyl (C=O) groups excluding carboxylic acids is 1. The van der Waals surface area contributed by atoms with E-state index in [2.05, 4.69) is 17.6 Å². The summed E-state index contributed by atoms with van der Waals surface area (Å²) < 4.78 is 0. The number of hydrogen-bond acceptors (Lipinski definition) is 3. The first-order chi connectivity index (χ1) is 8.16. The molecule has 1 heterocycles. The number of aliphatic hydroxyl groups excluding tert-OH is 1. The van der Waals surface area contributed by atoms with Crippen molar-refractivity contribution in [3.8, 4) is 0 Å². The van der Waals surface area contributed by atoms with Crippen molar-refractivity contribution in [2.75, 3.05) is 6.54 Å². The van der Waals surface area contributed by atoms with Crippen LogP contribution in [0.1, 0.15) is 45.4 Å². The van der Waals surface area contributed by atoms with Crippen molar-refractivity contribution in [3.63, 3.8) is 0 Å². The second-order valence-electron chi connectivity index (χ2n) is 5.57. The van der Waals surface area contributed by atoms with Crippen LogP contribution in [0.4, 0.5) is 0 Å². The van der Waals surface area contributed by atoms with E-state index < -0.39 is 0 Å². The maximum atomic E-state index is 12.0. The van der Waals surface area contributed by atoms with Gasteiger partial charge in [0.1, 0.15) is 0 Å². The molecule has 0 radical (unpaired) electrons. The Labute approximate surface area is 103 Å². The lowest BCUT2D eigenvalue weighted by Crippen LogP contribution is -2.51. The molecule has 0 aromatic rings. The van der Waals surface area contributed by atoms with Gasteiger partial charge in [-0.15, -0.1) is 0 Å². The van der Waals surface area contributed by atoms with Crippen molar-refractivity contribution < 1.29 is 9.90 Å². The molecule has 2 rings (SSSR count). The normalized spacial score (nSPS) is 38.7. The summed E-state index contributed by atoms with van der Waals surface area (Å²) in [5.41, 5.74) is 0. The number of carbonyl (C=O) groups is 1. The van der Waals surface area contributed by atoms with Crippen molar-refractivity contribution in [1.82, 2.24) is 10.6 Å². The van der Waals surface area contributed by atoms with Crippen LogP contribution in [-0.4, -0.2) is 35.7 Å². The fourth-order valence-corrected chi connectivity index (χ4v) is 2.89. The van der Waals surface area contributed by atoms with Crippen molar-refractivity contribution in [3.05, 3.63) is 0 Å². The SMILES string of the molecule is C[C@@H]1C[C@H](NC(=O)[C@H]2CCCCN2)CCC1O. The Morgan fingerprint density at radius 3 is 2.76 bits per heavy atom. The fraction of sp³-hybridized carbons (Fsp3) is 0.923. The number of amides is 1. The quantitative estimate of drug-likeness (QED) is 0.669. The molecule has 98 valence electrons. The highest BCUT2D eigenvalue weighted by atomic mass is 16.3. The third-order valence-electron chi connectivity index (χ3n) is 4.10. The van der Waals surface area contributed by atoms with Gasteiger partial charge in [0.15, 0.2) is 0 Å². The van der Waals surface area contributed by atoms with Gasteiger partial charge < -0.3 is 15.7 Å². The minimum Gasteiger partial charge on any atom is -0.393 e. The average Bonchev–Trinajstić information content (AvgIpc) is 2.35. The molecule has 17 heavy (non-hydrogen) atoms. The molecule has 1 aliphatic carbocycles. The predicted octanol–water partition coefficient (Wildman–Crippen LogP) is 0.794. The Morgan fingerprint density at radius 2 is 2.12 bits per heavy atom. The van der Waals surface area contributed by atoms with Gasteiger partial charge in [-0.25, -0.2) is 0 Å². The molecular formula is C13H24N2O2. The highest BCUT2D eigenvalue weighted by molar-refractivity contribution is 5.82. The summed E-state index contributed by atoms with van der Waals surface area (Å²) in [6.07, 6.45) is 5.71. The summed E-state index contributed by atoms with van der Waals surface area (Å²) >= 11 is 0. The van der Waals surface area contributed by atoms with E-state index in [-0.39, 0.29) is 24.1 Å². The topological polar surface area (TPSA) is 61.4 Å². The number of hydrogen-bond donors (Lipinski definition) is 3. The van der Waals surface area contributed by atoms with Gasteiger partial charge in [0.2, 0.25) is 5.91 Å². The number of rotatable bonds is 2. The fourth-order valence-electron chi connectivity index (χ4n) is 2.89. The minimum absolute atomic E-state index is 0.00547. The van der Waals surface area contributed by atoms with E-state index in [0.717, 1.165) is 38.6 Å². The largest absolute Gasteiger partial charge is 0.393 e. The lowest BCUT2D eigenvalue weighted by Gasteiger charge is -2.33. The molecule has 3 N–H and O–H groups in total. The Morgan fingerprint density at radius 1 is 1.29 bits per heavy atom. The predicted molar refractivity (Wildman–Crippen MR) is 66.6 cm³/mol. The lowest BCUT2D eigenvalue weighted by atomic mass is 9.84. The monoisotopic (exact) mass is 240 g/mol. The van der Waals surface area contributed by atoms with E-state index in [4.69, 9.17) is 0 Å². The molecule has 1 aliphatic heterocycles. The van der Waals surface area contributed by atoms with Gasteiger partial charge in [0.05, 0.1) is 12.1 Å². The highest BCUT2D eigenvalue weighted by Gasteiger charge is 2.29. The number of aliphatic hydroxyl groups is 1. The number of nitrogens with one attached hydrogen (secondary N) is 2. The van der Waals surface area contributed by atoms with Crippen LogP contribution < -0.4 is 10.6 Å². The van der Waals surface area contributed by atoms with Gasteiger partial charge in [-0.2, -0.15) is 0 Å². The zero-order valence-corrected chi connectivity index (χ0v) is 10.6. The second kappa shape index (κ2) is 5.83. The van der Waals surface area contributed by atoms with Crippen LogP contribution in [0.5, 0.6) is 0 Å². The Kier molecular flexibility index (Phi) is 4.40. The van der Waals surface area contributed by atoms with Crippen molar-refractivity contribution >= 4 is 5.91 Å². The van der Waals surface area contributed by atoms with Gasteiger partial charge in [0.25, 0.3) is 0 Å². The first kappa shape index (κ1) is 12.8. The summed E-state index contributed by atoms with van der Waals surface area (Å²) in [6.45, 7) is 3.01.